The van der Waals surface area contributed by atoms with E-state index in [-0.39, 0.29) is 0 Å². The predicted octanol–water partition coefficient (Wildman–Crippen LogP) is 3.39. The van der Waals surface area contributed by atoms with Gasteiger partial charge in [-0.2, -0.15) is 11.8 Å². The fourth-order valence-electron chi connectivity index (χ4n) is 2.67. The molecular formula is C12H14S. The Balaban J connectivity index is 2.15. The smallest absolute Gasteiger partial charge is 0.000179 e. The molecule has 0 radical (unpaired) electrons. The van der Waals surface area contributed by atoms with Gasteiger partial charge in [0, 0.05) is 11.5 Å². The van der Waals surface area contributed by atoms with Crippen molar-refractivity contribution in [2.75, 3.05) is 11.5 Å². The summed E-state index contributed by atoms with van der Waals surface area (Å²) in [5.74, 6) is 4.43. The van der Waals surface area contributed by atoms with Crippen LogP contribution in [0.2, 0.25) is 0 Å². The Hall–Kier alpha value is -0.430. The number of hydrogen-bond acceptors (Lipinski definition) is 1. The maximum atomic E-state index is 2.35. The topological polar surface area (TPSA) is 0 Å². The van der Waals surface area contributed by atoms with E-state index in [0.29, 0.717) is 0 Å². The molecule has 2 heterocycles. The zero-order valence-electron chi connectivity index (χ0n) is 7.70. The van der Waals surface area contributed by atoms with E-state index in [0.717, 1.165) is 11.8 Å². The van der Waals surface area contributed by atoms with Crippen LogP contribution in [-0.2, 0) is 0 Å². The van der Waals surface area contributed by atoms with Crippen molar-refractivity contribution in [2.45, 2.75) is 24.7 Å². The van der Waals surface area contributed by atoms with Crippen LogP contribution < -0.4 is 0 Å². The molecule has 1 aliphatic carbocycles. The summed E-state index contributed by atoms with van der Waals surface area (Å²) >= 11 is 2.15. The van der Waals surface area contributed by atoms with E-state index in [4.69, 9.17) is 0 Å². The van der Waals surface area contributed by atoms with Crippen LogP contribution in [0.15, 0.2) is 24.3 Å². The lowest BCUT2D eigenvalue weighted by Gasteiger charge is -2.26. The van der Waals surface area contributed by atoms with Crippen LogP contribution in [0.3, 0.4) is 0 Å². The summed E-state index contributed by atoms with van der Waals surface area (Å²) in [7, 11) is 0. The van der Waals surface area contributed by atoms with Crippen LogP contribution in [0.1, 0.15) is 35.8 Å². The highest BCUT2D eigenvalue weighted by molar-refractivity contribution is 7.99. The first kappa shape index (κ1) is 7.93. The second-order valence-corrected chi connectivity index (χ2v) is 5.21. The second kappa shape index (κ2) is 3.06. The Morgan fingerprint density at radius 3 is 2.00 bits per heavy atom. The van der Waals surface area contributed by atoms with Crippen LogP contribution in [0.5, 0.6) is 0 Å². The molecule has 1 aromatic rings. The summed E-state index contributed by atoms with van der Waals surface area (Å²) in [6.45, 7) is 0. The van der Waals surface area contributed by atoms with Crippen LogP contribution >= 0.6 is 11.8 Å². The van der Waals surface area contributed by atoms with Gasteiger partial charge in [-0.15, -0.1) is 0 Å². The summed E-state index contributed by atoms with van der Waals surface area (Å²) in [6.07, 6.45) is 2.85. The van der Waals surface area contributed by atoms with Gasteiger partial charge in [0.05, 0.1) is 0 Å². The normalized spacial score (nSPS) is 31.1. The molecular weight excluding hydrogens is 176 g/mol. The molecule has 3 aliphatic rings. The average Bonchev–Trinajstić information content (AvgIpc) is 2.52. The minimum atomic E-state index is 0.861. The predicted molar refractivity (Wildman–Crippen MR) is 58.5 cm³/mol. The van der Waals surface area contributed by atoms with Gasteiger partial charge in [-0.1, -0.05) is 24.3 Å². The number of fused-ring (bicyclic) bond motifs is 3. The molecule has 2 unspecified atom stereocenters. The van der Waals surface area contributed by atoms with E-state index in [1.165, 1.54) is 24.3 Å². The van der Waals surface area contributed by atoms with Gasteiger partial charge in [-0.05, 0) is 35.8 Å². The molecule has 0 spiro atoms. The summed E-state index contributed by atoms with van der Waals surface area (Å²) in [6, 6.07) is 9.09. The molecule has 2 atom stereocenters. The Bertz CT molecular complexity index is 284. The zero-order chi connectivity index (χ0) is 8.67. The Kier molecular flexibility index (Phi) is 1.86. The first-order valence-electron chi connectivity index (χ1n) is 5.12. The zero-order valence-corrected chi connectivity index (χ0v) is 8.52. The Morgan fingerprint density at radius 1 is 0.923 bits per heavy atom. The minimum Gasteiger partial charge on any atom is -0.161 e. The van der Waals surface area contributed by atoms with Gasteiger partial charge in [0.2, 0.25) is 0 Å². The fourth-order valence-corrected chi connectivity index (χ4v) is 4.06. The lowest BCUT2D eigenvalue weighted by molar-refractivity contribution is 0.549. The maximum Gasteiger partial charge on any atom is 0.000179 e. The first-order chi connectivity index (χ1) is 6.45. The van der Waals surface area contributed by atoms with Crippen molar-refractivity contribution in [3.05, 3.63) is 35.4 Å². The standard InChI is InChI=1S/C12H14S/c1-2-4-12-10-6-5-9(7-13-8-10)11(12)3-1/h1-4,9-10H,5-8H2. The van der Waals surface area contributed by atoms with E-state index in [1.54, 1.807) is 11.1 Å². The molecule has 0 amide bonds. The van der Waals surface area contributed by atoms with Gasteiger partial charge >= 0.3 is 0 Å². The van der Waals surface area contributed by atoms with Crippen molar-refractivity contribution < 1.29 is 0 Å². The molecule has 2 bridgehead atoms. The maximum absolute atomic E-state index is 2.35. The van der Waals surface area contributed by atoms with Gasteiger partial charge in [-0.25, -0.2) is 0 Å². The summed E-state index contributed by atoms with van der Waals surface area (Å²) in [5.41, 5.74) is 3.31. The Morgan fingerprint density at radius 2 is 1.46 bits per heavy atom. The van der Waals surface area contributed by atoms with Gasteiger partial charge in [0.25, 0.3) is 0 Å². The molecule has 1 fully saturated rings. The highest BCUT2D eigenvalue weighted by Gasteiger charge is 2.29. The third-order valence-corrected chi connectivity index (χ3v) is 4.65. The second-order valence-electron chi connectivity index (χ2n) is 4.14. The molecule has 1 aromatic carbocycles. The van der Waals surface area contributed by atoms with Crippen molar-refractivity contribution >= 4 is 11.8 Å². The van der Waals surface area contributed by atoms with Crippen LogP contribution in [0.25, 0.3) is 0 Å². The van der Waals surface area contributed by atoms with Crippen molar-refractivity contribution in [3.8, 4) is 0 Å². The van der Waals surface area contributed by atoms with Crippen molar-refractivity contribution in [1.29, 1.82) is 0 Å². The molecule has 2 aliphatic heterocycles. The van der Waals surface area contributed by atoms with Gasteiger partial charge in [0.1, 0.15) is 0 Å². The van der Waals surface area contributed by atoms with Crippen molar-refractivity contribution in [1.82, 2.24) is 0 Å². The van der Waals surface area contributed by atoms with Crippen LogP contribution in [0.4, 0.5) is 0 Å². The molecule has 0 saturated carbocycles. The van der Waals surface area contributed by atoms with Gasteiger partial charge < -0.3 is 0 Å². The minimum absolute atomic E-state index is 0.861. The summed E-state index contributed by atoms with van der Waals surface area (Å²) < 4.78 is 0. The molecule has 0 N–H and O–H groups in total. The van der Waals surface area contributed by atoms with Gasteiger partial charge in [-0.3, -0.25) is 0 Å². The number of rotatable bonds is 0. The highest BCUT2D eigenvalue weighted by atomic mass is 32.2. The summed E-state index contributed by atoms with van der Waals surface area (Å²) in [4.78, 5) is 0. The third kappa shape index (κ3) is 1.21. The summed E-state index contributed by atoms with van der Waals surface area (Å²) in [5, 5.41) is 0. The van der Waals surface area contributed by atoms with E-state index in [9.17, 15) is 0 Å². The van der Waals surface area contributed by atoms with Crippen LogP contribution in [-0.4, -0.2) is 11.5 Å². The first-order valence-corrected chi connectivity index (χ1v) is 6.27. The van der Waals surface area contributed by atoms with Gasteiger partial charge in [0.15, 0.2) is 0 Å². The molecule has 1 saturated heterocycles. The molecule has 68 valence electrons. The van der Waals surface area contributed by atoms with E-state index in [2.05, 4.69) is 36.0 Å². The average molecular weight is 190 g/mol. The largest absolute Gasteiger partial charge is 0.161 e. The lowest BCUT2D eigenvalue weighted by Crippen LogP contribution is -2.12. The number of hydrogen-bond donors (Lipinski definition) is 0. The fraction of sp³-hybridized carbons (Fsp3) is 0.500. The quantitative estimate of drug-likeness (QED) is 0.604. The molecule has 13 heavy (non-hydrogen) atoms. The number of benzene rings is 1. The third-order valence-electron chi connectivity index (χ3n) is 3.38. The van der Waals surface area contributed by atoms with E-state index in [1.807, 2.05) is 0 Å². The van der Waals surface area contributed by atoms with Crippen molar-refractivity contribution in [3.63, 3.8) is 0 Å². The SMILES string of the molecule is c1ccc2c(c1)C1CCC2CSC1. The van der Waals surface area contributed by atoms with Crippen molar-refractivity contribution in [2.24, 2.45) is 0 Å². The molecule has 4 rings (SSSR count). The number of thioether (sulfide) groups is 1. The van der Waals surface area contributed by atoms with Crippen LogP contribution in [0, 0.1) is 0 Å². The molecule has 0 aromatic heterocycles. The lowest BCUT2D eigenvalue weighted by atomic mass is 9.78. The monoisotopic (exact) mass is 190 g/mol. The van der Waals surface area contributed by atoms with E-state index < -0.39 is 0 Å². The molecule has 0 nitrogen and oxygen atoms in total. The highest BCUT2D eigenvalue weighted by Crippen LogP contribution is 2.45. The molecule has 1 heteroatoms. The van der Waals surface area contributed by atoms with E-state index >= 15 is 0 Å². The Labute approximate surface area is 83.7 Å².